The molecule has 0 fully saturated rings. The lowest BCUT2D eigenvalue weighted by molar-refractivity contribution is -0.146. The van der Waals surface area contributed by atoms with Gasteiger partial charge in [0.05, 0.1) is 12.8 Å². The maximum absolute atomic E-state index is 13.1. The average molecular weight is 461 g/mol. The molecule has 0 bridgehead atoms. The number of aromatic nitrogens is 1. The summed E-state index contributed by atoms with van der Waals surface area (Å²) in [4.78, 5) is 47.0. The summed E-state index contributed by atoms with van der Waals surface area (Å²) in [5.74, 6) is -0.648. The molecule has 0 radical (unpaired) electrons. The van der Waals surface area contributed by atoms with Gasteiger partial charge in [-0.25, -0.2) is 4.79 Å². The van der Waals surface area contributed by atoms with Crippen molar-refractivity contribution in [3.05, 3.63) is 30.1 Å². The minimum atomic E-state index is -0.781. The fourth-order valence-electron chi connectivity index (χ4n) is 3.37. The third-order valence-corrected chi connectivity index (χ3v) is 4.92. The van der Waals surface area contributed by atoms with Crippen LogP contribution >= 0.6 is 0 Å². The van der Waals surface area contributed by atoms with Crippen molar-refractivity contribution in [3.8, 4) is 0 Å². The molecule has 0 unspecified atom stereocenters. The summed E-state index contributed by atoms with van der Waals surface area (Å²) >= 11 is 0. The van der Waals surface area contributed by atoms with Crippen molar-refractivity contribution in [2.24, 2.45) is 22.7 Å². The Balaban J connectivity index is 3.02. The minimum absolute atomic E-state index is 0.156. The fourth-order valence-corrected chi connectivity index (χ4v) is 3.37. The zero-order valence-electron chi connectivity index (χ0n) is 21.0. The van der Waals surface area contributed by atoms with Gasteiger partial charge >= 0.3 is 5.97 Å². The first-order chi connectivity index (χ1) is 15.5. The van der Waals surface area contributed by atoms with E-state index in [1.54, 1.807) is 12.4 Å². The maximum Gasteiger partial charge on any atom is 0.328 e. The van der Waals surface area contributed by atoms with E-state index < -0.39 is 30.0 Å². The van der Waals surface area contributed by atoms with Gasteiger partial charge in [-0.1, -0.05) is 47.6 Å². The van der Waals surface area contributed by atoms with Gasteiger partial charge in [0.2, 0.25) is 11.8 Å². The van der Waals surface area contributed by atoms with E-state index in [4.69, 9.17) is 4.74 Å². The highest BCUT2D eigenvalue weighted by molar-refractivity contribution is 5.93. The summed E-state index contributed by atoms with van der Waals surface area (Å²) < 4.78 is 4.85. The van der Waals surface area contributed by atoms with E-state index in [9.17, 15) is 14.4 Å². The highest BCUT2D eigenvalue weighted by Crippen LogP contribution is 2.13. The van der Waals surface area contributed by atoms with Crippen molar-refractivity contribution >= 4 is 24.0 Å². The number of aliphatic imine (C=N–C) groups is 1. The van der Waals surface area contributed by atoms with E-state index in [0.29, 0.717) is 25.0 Å². The summed E-state index contributed by atoms with van der Waals surface area (Å²) in [6.45, 7) is 11.9. The third kappa shape index (κ3) is 11.1. The summed E-state index contributed by atoms with van der Waals surface area (Å²) in [6, 6.07) is 3.28. The zero-order chi connectivity index (χ0) is 25.0. The lowest BCUT2D eigenvalue weighted by Gasteiger charge is -2.25. The zero-order valence-corrected chi connectivity index (χ0v) is 21.0. The quantitative estimate of drug-likeness (QED) is 0.347. The topological polar surface area (TPSA) is 110 Å². The smallest absolute Gasteiger partial charge is 0.328 e. The molecule has 1 rings (SSSR count). The van der Waals surface area contributed by atoms with Gasteiger partial charge in [-0.15, -0.1) is 0 Å². The third-order valence-electron chi connectivity index (χ3n) is 4.92. The summed E-state index contributed by atoms with van der Waals surface area (Å²) in [7, 11) is 1.30. The van der Waals surface area contributed by atoms with Gasteiger partial charge in [0.1, 0.15) is 18.1 Å². The molecule has 0 aliphatic carbocycles. The molecule has 0 aliphatic heterocycles. The summed E-state index contributed by atoms with van der Waals surface area (Å²) in [5.41, 5.74) is 0.658. The standard InChI is InChI=1S/C25H40N4O4/c1-16(2)12-20(27-15-19-10-8-9-11-26-19)23(30)28-21(13-17(3)4)24(31)29-22(14-18(5)6)25(32)33-7/h8-11,15-18,20-22H,12-14H2,1-7H3,(H,28,30)(H,29,31)/t20-,21-,22-/m0/s1. The first kappa shape index (κ1) is 28.3. The van der Waals surface area contributed by atoms with Crippen LogP contribution in [0.3, 0.4) is 0 Å². The Kier molecular flexibility index (Phi) is 12.3. The molecule has 2 amide bonds. The molecule has 184 valence electrons. The van der Waals surface area contributed by atoms with Crippen molar-refractivity contribution in [1.82, 2.24) is 15.6 Å². The van der Waals surface area contributed by atoms with Crippen molar-refractivity contribution in [2.75, 3.05) is 7.11 Å². The molecule has 0 aromatic carbocycles. The first-order valence-electron chi connectivity index (χ1n) is 11.7. The lowest BCUT2D eigenvalue weighted by Crippen LogP contribution is -2.54. The van der Waals surface area contributed by atoms with Crippen molar-refractivity contribution < 1.29 is 19.1 Å². The fraction of sp³-hybridized carbons (Fsp3) is 0.640. The Morgan fingerprint density at radius 1 is 0.909 bits per heavy atom. The molecule has 1 heterocycles. The second-order valence-electron chi connectivity index (χ2n) is 9.58. The van der Waals surface area contributed by atoms with Crippen LogP contribution in [0.1, 0.15) is 66.5 Å². The van der Waals surface area contributed by atoms with Crippen LogP contribution in [0.15, 0.2) is 29.4 Å². The molecule has 33 heavy (non-hydrogen) atoms. The van der Waals surface area contributed by atoms with Crippen molar-refractivity contribution in [1.29, 1.82) is 0 Å². The van der Waals surface area contributed by atoms with E-state index >= 15 is 0 Å². The Hall–Kier alpha value is -2.77. The molecule has 0 aliphatic rings. The highest BCUT2D eigenvalue weighted by atomic mass is 16.5. The second kappa shape index (κ2) is 14.4. The van der Waals surface area contributed by atoms with Crippen LogP contribution in [-0.4, -0.2) is 54.2 Å². The van der Waals surface area contributed by atoms with E-state index in [1.165, 1.54) is 7.11 Å². The van der Waals surface area contributed by atoms with E-state index in [1.807, 2.05) is 59.7 Å². The van der Waals surface area contributed by atoms with Crippen molar-refractivity contribution in [2.45, 2.75) is 78.9 Å². The van der Waals surface area contributed by atoms with Crippen LogP contribution in [0.5, 0.6) is 0 Å². The number of pyridine rings is 1. The summed E-state index contributed by atoms with van der Waals surface area (Å²) in [6.07, 6.45) is 4.66. The number of nitrogens with one attached hydrogen (secondary N) is 2. The molecule has 2 N–H and O–H groups in total. The number of hydrogen-bond acceptors (Lipinski definition) is 6. The monoisotopic (exact) mass is 460 g/mol. The highest BCUT2D eigenvalue weighted by Gasteiger charge is 2.30. The van der Waals surface area contributed by atoms with Crippen LogP contribution in [0.25, 0.3) is 0 Å². The molecular formula is C25H40N4O4. The predicted molar refractivity (Wildman–Crippen MR) is 130 cm³/mol. The van der Waals surface area contributed by atoms with Crippen LogP contribution < -0.4 is 10.6 Å². The van der Waals surface area contributed by atoms with Gasteiger partial charge in [0.15, 0.2) is 0 Å². The van der Waals surface area contributed by atoms with Gasteiger partial charge in [-0.2, -0.15) is 0 Å². The number of rotatable bonds is 13. The van der Waals surface area contributed by atoms with E-state index in [-0.39, 0.29) is 23.7 Å². The molecule has 3 atom stereocenters. The number of carbonyl (C=O) groups is 3. The number of methoxy groups -OCH3 is 1. The van der Waals surface area contributed by atoms with Crippen LogP contribution in [0.4, 0.5) is 0 Å². The van der Waals surface area contributed by atoms with E-state index in [2.05, 4.69) is 20.6 Å². The Labute approximate surface area is 198 Å². The average Bonchev–Trinajstić information content (AvgIpc) is 2.74. The van der Waals surface area contributed by atoms with Crippen LogP contribution in [0, 0.1) is 17.8 Å². The largest absolute Gasteiger partial charge is 0.467 e. The number of esters is 1. The molecule has 8 heteroatoms. The van der Waals surface area contributed by atoms with E-state index in [0.717, 1.165) is 0 Å². The Morgan fingerprint density at radius 3 is 2.00 bits per heavy atom. The van der Waals surface area contributed by atoms with Gasteiger partial charge in [-0.3, -0.25) is 19.6 Å². The lowest BCUT2D eigenvalue weighted by atomic mass is 9.99. The molecule has 0 saturated heterocycles. The number of hydrogen-bond donors (Lipinski definition) is 2. The van der Waals surface area contributed by atoms with Crippen molar-refractivity contribution in [3.63, 3.8) is 0 Å². The minimum Gasteiger partial charge on any atom is -0.467 e. The molecule has 1 aromatic heterocycles. The van der Waals surface area contributed by atoms with Gasteiger partial charge in [0, 0.05) is 12.4 Å². The molecule has 0 spiro atoms. The number of ether oxygens (including phenoxy) is 1. The SMILES string of the molecule is COC(=O)[C@H](CC(C)C)NC(=O)[C@H](CC(C)C)NC(=O)[C@H](CC(C)C)N=Cc1ccccn1. The number of nitrogens with zero attached hydrogens (tertiary/aromatic N) is 2. The molecule has 8 nitrogen and oxygen atoms in total. The number of carbonyl (C=O) groups excluding carboxylic acids is 3. The van der Waals surface area contributed by atoms with Crippen LogP contribution in [0.2, 0.25) is 0 Å². The first-order valence-corrected chi connectivity index (χ1v) is 11.7. The number of amides is 2. The molecule has 0 saturated carbocycles. The second-order valence-corrected chi connectivity index (χ2v) is 9.58. The summed E-state index contributed by atoms with van der Waals surface area (Å²) in [5, 5.41) is 5.64. The predicted octanol–water partition coefficient (Wildman–Crippen LogP) is 3.15. The van der Waals surface area contributed by atoms with Crippen LogP contribution in [-0.2, 0) is 19.1 Å². The Bertz CT molecular complexity index is 778. The Morgan fingerprint density at radius 2 is 1.48 bits per heavy atom. The normalized spacial score (nSPS) is 14.4. The van der Waals surface area contributed by atoms with Gasteiger partial charge in [-0.05, 0) is 49.1 Å². The van der Waals surface area contributed by atoms with Gasteiger partial charge in [0.25, 0.3) is 0 Å². The molecular weight excluding hydrogens is 420 g/mol. The van der Waals surface area contributed by atoms with Gasteiger partial charge < -0.3 is 15.4 Å². The maximum atomic E-state index is 13.1. The molecule has 1 aromatic rings.